The molecule has 0 saturated heterocycles. The van der Waals surface area contributed by atoms with E-state index in [-0.39, 0.29) is 11.4 Å². The number of nitrogens with zero attached hydrogens (tertiary/aromatic N) is 1. The molecule has 0 saturated carbocycles. The quantitative estimate of drug-likeness (QED) is 0.512. The van der Waals surface area contributed by atoms with Crippen LogP contribution < -0.4 is 4.72 Å². The van der Waals surface area contributed by atoms with Crippen molar-refractivity contribution in [2.75, 3.05) is 4.72 Å². The Labute approximate surface area is 121 Å². The van der Waals surface area contributed by atoms with Crippen molar-refractivity contribution in [2.24, 2.45) is 0 Å². The summed E-state index contributed by atoms with van der Waals surface area (Å²) < 4.78 is 26.8. The highest BCUT2D eigenvalue weighted by Gasteiger charge is 2.26. The third-order valence-corrected chi connectivity index (χ3v) is 4.24. The number of aromatic hydroxyl groups is 1. The van der Waals surface area contributed by atoms with E-state index in [4.69, 9.17) is 0 Å². The Morgan fingerprint density at radius 2 is 1.81 bits per heavy atom. The summed E-state index contributed by atoms with van der Waals surface area (Å²) >= 11 is 0. The van der Waals surface area contributed by atoms with Gasteiger partial charge in [0.2, 0.25) is 0 Å². The van der Waals surface area contributed by atoms with Gasteiger partial charge in [0.25, 0.3) is 15.7 Å². The van der Waals surface area contributed by atoms with Crippen LogP contribution in [0.15, 0.2) is 47.4 Å². The Hall–Kier alpha value is -2.61. The molecule has 0 atom stereocenters. The second kappa shape index (κ2) is 5.41. The van der Waals surface area contributed by atoms with Crippen molar-refractivity contribution in [3.63, 3.8) is 0 Å². The average molecular weight is 308 g/mol. The number of nitro groups is 1. The Balaban J connectivity index is 2.52. The van der Waals surface area contributed by atoms with Crippen molar-refractivity contribution in [3.05, 3.63) is 58.1 Å². The van der Waals surface area contributed by atoms with Gasteiger partial charge in [0.1, 0.15) is 5.75 Å². The molecule has 2 rings (SSSR count). The van der Waals surface area contributed by atoms with Crippen LogP contribution in [-0.2, 0) is 10.0 Å². The third kappa shape index (κ3) is 2.95. The summed E-state index contributed by atoms with van der Waals surface area (Å²) in [6, 6.07) is 9.50. The fourth-order valence-corrected chi connectivity index (χ4v) is 3.13. The number of hydrogen-bond donors (Lipinski definition) is 2. The molecule has 2 aromatic carbocycles. The molecule has 0 aromatic heterocycles. The third-order valence-electron chi connectivity index (χ3n) is 2.84. The van der Waals surface area contributed by atoms with Crippen molar-refractivity contribution >= 4 is 21.4 Å². The van der Waals surface area contributed by atoms with E-state index in [1.807, 2.05) is 0 Å². The molecular formula is C13H12N2O5S. The number of sulfonamides is 1. The Kier molecular flexibility index (Phi) is 3.81. The van der Waals surface area contributed by atoms with Crippen LogP contribution in [0.3, 0.4) is 0 Å². The molecule has 7 nitrogen and oxygen atoms in total. The zero-order valence-corrected chi connectivity index (χ0v) is 11.8. The molecule has 0 bridgehead atoms. The second-order valence-corrected chi connectivity index (χ2v) is 5.95. The monoisotopic (exact) mass is 308 g/mol. The number of aryl methyl sites for hydroxylation is 1. The molecule has 110 valence electrons. The molecule has 0 radical (unpaired) electrons. The Morgan fingerprint density at radius 3 is 2.43 bits per heavy atom. The summed E-state index contributed by atoms with van der Waals surface area (Å²) in [5, 5.41) is 20.6. The van der Waals surface area contributed by atoms with Gasteiger partial charge in [-0.2, -0.15) is 0 Å². The molecule has 0 amide bonds. The molecule has 0 unspecified atom stereocenters. The van der Waals surface area contributed by atoms with E-state index >= 15 is 0 Å². The molecule has 2 aromatic rings. The minimum atomic E-state index is -4.19. The number of benzene rings is 2. The van der Waals surface area contributed by atoms with Crippen LogP contribution in [0, 0.1) is 17.0 Å². The maximum absolute atomic E-state index is 12.3. The molecule has 0 aliphatic rings. The minimum absolute atomic E-state index is 0.00403. The van der Waals surface area contributed by atoms with Gasteiger partial charge in [-0.05, 0) is 24.6 Å². The Bertz CT molecular complexity index is 782. The van der Waals surface area contributed by atoms with Crippen molar-refractivity contribution in [1.29, 1.82) is 0 Å². The number of hydrogen-bond acceptors (Lipinski definition) is 5. The highest BCUT2D eigenvalue weighted by Crippen LogP contribution is 2.31. The molecule has 0 aliphatic carbocycles. The van der Waals surface area contributed by atoms with Crippen LogP contribution in [0.5, 0.6) is 5.75 Å². The van der Waals surface area contributed by atoms with Gasteiger partial charge >= 0.3 is 0 Å². The number of rotatable bonds is 4. The maximum Gasteiger partial charge on any atom is 0.289 e. The van der Waals surface area contributed by atoms with Gasteiger partial charge in [0.05, 0.1) is 10.6 Å². The highest BCUT2D eigenvalue weighted by atomic mass is 32.2. The maximum atomic E-state index is 12.3. The summed E-state index contributed by atoms with van der Waals surface area (Å²) in [6.07, 6.45) is 0. The fourth-order valence-electron chi connectivity index (χ4n) is 1.81. The lowest BCUT2D eigenvalue weighted by Crippen LogP contribution is -2.15. The van der Waals surface area contributed by atoms with Crippen LogP contribution in [0.1, 0.15) is 5.56 Å². The number of nitro benzene ring substituents is 1. The van der Waals surface area contributed by atoms with E-state index in [0.717, 1.165) is 12.1 Å². The van der Waals surface area contributed by atoms with Gasteiger partial charge < -0.3 is 5.11 Å². The van der Waals surface area contributed by atoms with Crippen molar-refractivity contribution < 1.29 is 18.4 Å². The van der Waals surface area contributed by atoms with Crippen molar-refractivity contribution in [2.45, 2.75) is 11.8 Å². The standard InChI is InChI=1S/C13H12N2O5S/c1-9-5-4-7-11(16)13(9)14-21(19,20)12-8-3-2-6-10(12)15(17)18/h2-8,14,16H,1H3. The van der Waals surface area contributed by atoms with Gasteiger partial charge in [-0.1, -0.05) is 24.3 Å². The summed E-state index contributed by atoms with van der Waals surface area (Å²) in [6.45, 7) is 1.61. The predicted octanol–water partition coefficient (Wildman–Crippen LogP) is 2.41. The van der Waals surface area contributed by atoms with E-state index < -0.39 is 25.5 Å². The SMILES string of the molecule is Cc1cccc(O)c1NS(=O)(=O)c1ccccc1[N+](=O)[O-]. The number of para-hydroxylation sites is 2. The van der Waals surface area contributed by atoms with Crippen molar-refractivity contribution in [1.82, 2.24) is 0 Å². The molecule has 21 heavy (non-hydrogen) atoms. The first-order valence-electron chi connectivity index (χ1n) is 5.88. The molecule has 8 heteroatoms. The first-order chi connectivity index (χ1) is 9.83. The highest BCUT2D eigenvalue weighted by molar-refractivity contribution is 7.92. The topological polar surface area (TPSA) is 110 Å². The van der Waals surface area contributed by atoms with E-state index in [1.54, 1.807) is 19.1 Å². The van der Waals surface area contributed by atoms with Crippen molar-refractivity contribution in [3.8, 4) is 5.75 Å². The summed E-state index contributed by atoms with van der Waals surface area (Å²) in [5.74, 6) is -0.253. The van der Waals surface area contributed by atoms with E-state index in [9.17, 15) is 23.6 Å². The van der Waals surface area contributed by atoms with Crippen LogP contribution in [-0.4, -0.2) is 18.4 Å². The summed E-state index contributed by atoms with van der Waals surface area (Å²) in [5.41, 5.74) is -0.0362. The average Bonchev–Trinajstić information content (AvgIpc) is 2.43. The van der Waals surface area contributed by atoms with Gasteiger partial charge in [0.15, 0.2) is 4.90 Å². The molecule has 2 N–H and O–H groups in total. The van der Waals surface area contributed by atoms with E-state index in [2.05, 4.69) is 4.72 Å². The fraction of sp³-hybridized carbons (Fsp3) is 0.0769. The molecule has 0 heterocycles. The largest absolute Gasteiger partial charge is 0.506 e. The molecular weight excluding hydrogens is 296 g/mol. The number of phenolic OH excluding ortho intramolecular Hbond substituents is 1. The zero-order valence-electron chi connectivity index (χ0n) is 11.0. The normalized spacial score (nSPS) is 11.1. The lowest BCUT2D eigenvalue weighted by Gasteiger charge is -2.12. The summed E-state index contributed by atoms with van der Waals surface area (Å²) in [7, 11) is -4.19. The minimum Gasteiger partial charge on any atom is -0.506 e. The lowest BCUT2D eigenvalue weighted by atomic mass is 10.2. The van der Waals surface area contributed by atoms with Gasteiger partial charge in [-0.25, -0.2) is 8.42 Å². The predicted molar refractivity (Wildman–Crippen MR) is 76.7 cm³/mol. The number of phenols is 1. The molecule has 0 fully saturated rings. The number of anilines is 1. The lowest BCUT2D eigenvalue weighted by molar-refractivity contribution is -0.387. The molecule has 0 aliphatic heterocycles. The van der Waals surface area contributed by atoms with Gasteiger partial charge in [-0.3, -0.25) is 14.8 Å². The van der Waals surface area contributed by atoms with E-state index in [0.29, 0.717) is 5.56 Å². The Morgan fingerprint density at radius 1 is 1.14 bits per heavy atom. The zero-order chi connectivity index (χ0) is 15.6. The van der Waals surface area contributed by atoms with Crippen LogP contribution in [0.25, 0.3) is 0 Å². The van der Waals surface area contributed by atoms with Crippen LogP contribution in [0.2, 0.25) is 0 Å². The first-order valence-corrected chi connectivity index (χ1v) is 7.36. The van der Waals surface area contributed by atoms with E-state index in [1.165, 1.54) is 18.2 Å². The number of nitrogens with one attached hydrogen (secondary N) is 1. The van der Waals surface area contributed by atoms with Crippen LogP contribution >= 0.6 is 0 Å². The summed E-state index contributed by atoms with van der Waals surface area (Å²) in [4.78, 5) is 9.69. The second-order valence-electron chi connectivity index (χ2n) is 4.30. The van der Waals surface area contributed by atoms with Gasteiger partial charge in [-0.15, -0.1) is 0 Å². The van der Waals surface area contributed by atoms with Crippen LogP contribution in [0.4, 0.5) is 11.4 Å². The molecule has 0 spiro atoms. The smallest absolute Gasteiger partial charge is 0.289 e. The first kappa shape index (κ1) is 14.8. The van der Waals surface area contributed by atoms with Gasteiger partial charge in [0, 0.05) is 6.07 Å².